The molecular weight excluding hydrogens is 877 g/mol. The van der Waals surface area contributed by atoms with E-state index in [1.165, 1.54) is 83.3 Å². The molecule has 0 spiro atoms. The number of ether oxygens (including phenoxy) is 1. The lowest BCUT2D eigenvalue weighted by Crippen LogP contribution is -2.25. The molecule has 9 aromatic rings. The molecule has 0 bridgehead atoms. The Labute approximate surface area is 428 Å². The summed E-state index contributed by atoms with van der Waals surface area (Å²) >= 11 is 0. The van der Waals surface area contributed by atoms with E-state index in [4.69, 9.17) is 9.72 Å². The molecule has 0 N–H and O–H groups in total. The molecule has 0 atom stereocenters. The van der Waals surface area contributed by atoms with E-state index >= 15 is 0 Å². The highest BCUT2D eigenvalue weighted by Crippen LogP contribution is 2.54. The van der Waals surface area contributed by atoms with E-state index in [0.717, 1.165) is 34.2 Å². The summed E-state index contributed by atoms with van der Waals surface area (Å²) in [5.74, 6) is 2.52. The van der Waals surface area contributed by atoms with Gasteiger partial charge in [0, 0.05) is 51.3 Å². The van der Waals surface area contributed by atoms with Crippen LogP contribution in [-0.4, -0.2) is 16.2 Å². The van der Waals surface area contributed by atoms with Crippen LogP contribution < -0.4 is 14.5 Å². The van der Waals surface area contributed by atoms with E-state index in [2.05, 4.69) is 263 Å². The van der Waals surface area contributed by atoms with Gasteiger partial charge < -0.3 is 14.5 Å². The Hall–Kier alpha value is -7.11. The zero-order valence-electron chi connectivity index (χ0n) is 44.9. The minimum atomic E-state index is -0.196. The maximum Gasteiger partial charge on any atom is 0.137 e. The van der Waals surface area contributed by atoms with Crippen molar-refractivity contribution in [1.82, 2.24) is 9.55 Å². The van der Waals surface area contributed by atoms with Crippen molar-refractivity contribution in [2.24, 2.45) is 0 Å². The number of aromatic nitrogens is 2. The Bertz CT molecular complexity index is 3570. The van der Waals surface area contributed by atoms with Crippen molar-refractivity contribution in [1.29, 1.82) is 0 Å². The SMILES string of the molecule is CC(C)(C)c1ccc(-c2cccc(-c3cc(C(C)(C)C)cc(C(C)(C)C)c3)c2N2CN(c3cccc(Oc4cc5c6c7c(cccc7n(-c7cc(C(C)(C)C)ccn7)c6c4)C5(C)C)c3)c3ccccc32)cc1. The first kappa shape index (κ1) is 47.2. The normalized spacial score (nSPS) is 14.5. The number of hydrogen-bond donors (Lipinski definition) is 0. The lowest BCUT2D eigenvalue weighted by atomic mass is 9.78. The molecule has 2 aromatic heterocycles. The maximum absolute atomic E-state index is 7.06. The Kier molecular flexibility index (Phi) is 10.8. The predicted molar refractivity (Wildman–Crippen MR) is 305 cm³/mol. The van der Waals surface area contributed by atoms with Gasteiger partial charge in [0.15, 0.2) is 0 Å². The molecule has 364 valence electrons. The van der Waals surface area contributed by atoms with Gasteiger partial charge in [-0.25, -0.2) is 4.98 Å². The lowest BCUT2D eigenvalue weighted by molar-refractivity contribution is 0.481. The van der Waals surface area contributed by atoms with Crippen LogP contribution in [0.5, 0.6) is 11.5 Å². The molecule has 7 aromatic carbocycles. The molecule has 2 aliphatic rings. The predicted octanol–water partition coefficient (Wildman–Crippen LogP) is 18.4. The molecule has 3 heterocycles. The number of pyridine rings is 1. The Morgan fingerprint density at radius 2 is 1.06 bits per heavy atom. The van der Waals surface area contributed by atoms with Crippen LogP contribution in [0.4, 0.5) is 22.7 Å². The van der Waals surface area contributed by atoms with Gasteiger partial charge in [-0.1, -0.05) is 188 Å². The maximum atomic E-state index is 7.06. The molecule has 0 saturated heterocycles. The Morgan fingerprint density at radius 3 is 1.71 bits per heavy atom. The first-order chi connectivity index (χ1) is 34.0. The highest BCUT2D eigenvalue weighted by Gasteiger charge is 2.38. The van der Waals surface area contributed by atoms with Gasteiger partial charge in [-0.2, -0.15) is 0 Å². The van der Waals surface area contributed by atoms with Crippen molar-refractivity contribution in [2.75, 3.05) is 16.5 Å². The van der Waals surface area contributed by atoms with Crippen LogP contribution in [0.15, 0.2) is 158 Å². The Morgan fingerprint density at radius 1 is 0.458 bits per heavy atom. The summed E-state index contributed by atoms with van der Waals surface area (Å²) < 4.78 is 9.41. The molecule has 0 amide bonds. The minimum absolute atomic E-state index is 0.0176. The summed E-state index contributed by atoms with van der Waals surface area (Å²) in [5.41, 5.74) is 19.4. The number of benzene rings is 7. The summed E-state index contributed by atoms with van der Waals surface area (Å²) in [5, 5.41) is 2.59. The number of nitrogens with zero attached hydrogens (tertiary/aromatic N) is 4. The summed E-state index contributed by atoms with van der Waals surface area (Å²) in [7, 11) is 0. The average molecular weight is 947 g/mol. The van der Waals surface area contributed by atoms with Gasteiger partial charge in [0.1, 0.15) is 24.0 Å². The third kappa shape index (κ3) is 7.97. The molecule has 1 aliphatic heterocycles. The van der Waals surface area contributed by atoms with Gasteiger partial charge in [-0.05, 0) is 115 Å². The second-order valence-electron chi connectivity index (χ2n) is 25.1. The van der Waals surface area contributed by atoms with Crippen LogP contribution >= 0.6 is 0 Å². The van der Waals surface area contributed by atoms with Gasteiger partial charge in [-0.3, -0.25) is 4.57 Å². The van der Waals surface area contributed by atoms with Crippen molar-refractivity contribution in [2.45, 2.75) is 124 Å². The van der Waals surface area contributed by atoms with Gasteiger partial charge >= 0.3 is 0 Å². The first-order valence-electron chi connectivity index (χ1n) is 25.9. The van der Waals surface area contributed by atoms with E-state index in [-0.39, 0.29) is 27.1 Å². The smallest absolute Gasteiger partial charge is 0.137 e. The molecule has 11 rings (SSSR count). The van der Waals surface area contributed by atoms with Crippen LogP contribution in [0.25, 0.3) is 49.9 Å². The topological polar surface area (TPSA) is 33.5 Å². The summed E-state index contributed by atoms with van der Waals surface area (Å²) in [6.45, 7) is 32.9. The Balaban J connectivity index is 1.02. The zero-order chi connectivity index (χ0) is 50.9. The third-order valence-corrected chi connectivity index (χ3v) is 15.5. The first-order valence-corrected chi connectivity index (χ1v) is 25.9. The molecule has 0 radical (unpaired) electrons. The van der Waals surface area contributed by atoms with Crippen LogP contribution in [0.1, 0.15) is 130 Å². The average Bonchev–Trinajstić information content (AvgIpc) is 3.96. The number of fused-ring (bicyclic) bond motifs is 1. The minimum Gasteiger partial charge on any atom is -0.457 e. The number of anilines is 4. The summed E-state index contributed by atoms with van der Waals surface area (Å²) in [4.78, 5) is 9.98. The molecule has 72 heavy (non-hydrogen) atoms. The number of hydrogen-bond acceptors (Lipinski definition) is 4. The van der Waals surface area contributed by atoms with Crippen molar-refractivity contribution >= 4 is 44.6 Å². The molecule has 5 nitrogen and oxygen atoms in total. The lowest BCUT2D eigenvalue weighted by Gasteiger charge is -2.30. The van der Waals surface area contributed by atoms with E-state index in [9.17, 15) is 0 Å². The standard InChI is InChI=1S/C67H70N4O/c1-63(2,3)44-30-28-42(29-31-44)51-22-18-23-52(43-34-46(65(7,8)9)36-47(35-43)66(10,11)12)62(51)70-41-69(55-25-15-16-26-56(55)70)48-20-17-21-49(38-48)72-50-39-54-61-58(40-50)71(59-37-45(32-33-68-59)64(4,5)6)57-27-19-24-53(60(57)61)67(54,13)14/h15-40H,41H2,1-14H3. The summed E-state index contributed by atoms with van der Waals surface area (Å²) in [6, 6.07) is 56.6. The third-order valence-electron chi connectivity index (χ3n) is 15.5. The van der Waals surface area contributed by atoms with Gasteiger partial charge in [0.25, 0.3) is 0 Å². The summed E-state index contributed by atoms with van der Waals surface area (Å²) in [6.07, 6.45) is 1.95. The molecule has 0 saturated carbocycles. The van der Waals surface area contributed by atoms with Crippen molar-refractivity contribution in [3.8, 4) is 39.6 Å². The monoisotopic (exact) mass is 947 g/mol. The van der Waals surface area contributed by atoms with Gasteiger partial charge in [0.2, 0.25) is 0 Å². The van der Waals surface area contributed by atoms with Crippen molar-refractivity contribution in [3.63, 3.8) is 0 Å². The largest absolute Gasteiger partial charge is 0.457 e. The molecular formula is C67H70N4O. The number of para-hydroxylation sites is 3. The van der Waals surface area contributed by atoms with Gasteiger partial charge in [0.05, 0.1) is 28.1 Å². The fourth-order valence-corrected chi connectivity index (χ4v) is 11.2. The highest BCUT2D eigenvalue weighted by molar-refractivity contribution is 6.16. The molecule has 5 heteroatoms. The van der Waals surface area contributed by atoms with Crippen molar-refractivity contribution in [3.05, 3.63) is 191 Å². The van der Waals surface area contributed by atoms with Crippen LogP contribution in [0.3, 0.4) is 0 Å². The fourth-order valence-electron chi connectivity index (χ4n) is 11.2. The zero-order valence-corrected chi connectivity index (χ0v) is 44.9. The fraction of sp³-hybridized carbons (Fsp3) is 0.299. The van der Waals surface area contributed by atoms with Crippen LogP contribution in [-0.2, 0) is 27.1 Å². The van der Waals surface area contributed by atoms with E-state index in [1.54, 1.807) is 0 Å². The quantitative estimate of drug-likeness (QED) is 0.159. The van der Waals surface area contributed by atoms with Crippen LogP contribution in [0, 0.1) is 0 Å². The molecule has 0 fully saturated rings. The number of rotatable bonds is 7. The van der Waals surface area contributed by atoms with Crippen LogP contribution in [0.2, 0.25) is 0 Å². The van der Waals surface area contributed by atoms with Crippen molar-refractivity contribution < 1.29 is 4.74 Å². The molecule has 0 unspecified atom stereocenters. The van der Waals surface area contributed by atoms with E-state index < -0.39 is 0 Å². The molecule has 1 aliphatic carbocycles. The van der Waals surface area contributed by atoms with E-state index in [0.29, 0.717) is 6.67 Å². The van der Waals surface area contributed by atoms with E-state index in [1.807, 2.05) is 6.20 Å². The highest BCUT2D eigenvalue weighted by atomic mass is 16.5. The second kappa shape index (κ2) is 16.5. The second-order valence-corrected chi connectivity index (χ2v) is 25.1. The van der Waals surface area contributed by atoms with Gasteiger partial charge in [-0.15, -0.1) is 0 Å².